The Kier molecular flexibility index (Phi) is 4.52. The van der Waals surface area contributed by atoms with E-state index in [1.165, 1.54) is 50.3 Å². The predicted octanol–water partition coefficient (Wildman–Crippen LogP) is 4.75. The third-order valence-corrected chi connectivity index (χ3v) is 7.75. The van der Waals surface area contributed by atoms with Crippen LogP contribution in [0.25, 0.3) is 0 Å². The summed E-state index contributed by atoms with van der Waals surface area (Å²) in [6.07, 6.45) is 0.598. The molecule has 0 fully saturated rings. The first kappa shape index (κ1) is 19.1. The lowest BCUT2D eigenvalue weighted by Gasteiger charge is -2.46. The normalized spacial score (nSPS) is 19.7. The van der Waals surface area contributed by atoms with Gasteiger partial charge in [0.15, 0.2) is 0 Å². The number of non-ortho nitro benzene ring substituents is 1. The van der Waals surface area contributed by atoms with Crippen LogP contribution in [0.1, 0.15) is 38.6 Å². The summed E-state index contributed by atoms with van der Waals surface area (Å²) in [4.78, 5) is 14.6. The second-order valence-electron chi connectivity index (χ2n) is 8.10. The molecule has 2 aliphatic heterocycles. The Morgan fingerprint density at radius 1 is 1.27 bits per heavy atom. The molecular formula is C23H23N3O3S. The molecule has 3 heterocycles. The van der Waals surface area contributed by atoms with E-state index in [4.69, 9.17) is 0 Å². The van der Waals surface area contributed by atoms with Gasteiger partial charge in [0.1, 0.15) is 5.75 Å². The van der Waals surface area contributed by atoms with Crippen LogP contribution in [-0.2, 0) is 19.5 Å². The van der Waals surface area contributed by atoms with Crippen LogP contribution in [0, 0.1) is 24.0 Å². The number of nitro benzene ring substituents is 1. The molecule has 0 saturated carbocycles. The van der Waals surface area contributed by atoms with Crippen molar-refractivity contribution in [1.82, 2.24) is 5.32 Å². The number of nitrogens with one attached hydrogen (secondary N) is 1. The lowest BCUT2D eigenvalue weighted by atomic mass is 9.81. The van der Waals surface area contributed by atoms with E-state index in [0.29, 0.717) is 12.0 Å². The first-order valence-corrected chi connectivity index (χ1v) is 10.9. The molecule has 0 amide bonds. The van der Waals surface area contributed by atoms with Gasteiger partial charge in [0.25, 0.3) is 5.69 Å². The van der Waals surface area contributed by atoms with Gasteiger partial charge in [0.05, 0.1) is 16.1 Å². The average molecular weight is 422 g/mol. The number of hydrogen-bond donors (Lipinski definition) is 2. The van der Waals surface area contributed by atoms with E-state index in [-0.39, 0.29) is 23.5 Å². The van der Waals surface area contributed by atoms with Crippen LogP contribution in [0.4, 0.5) is 10.7 Å². The van der Waals surface area contributed by atoms with E-state index in [0.717, 1.165) is 13.1 Å². The number of aromatic hydroxyl groups is 1. The highest BCUT2D eigenvalue weighted by Crippen LogP contribution is 2.46. The maximum Gasteiger partial charge on any atom is 0.269 e. The van der Waals surface area contributed by atoms with Gasteiger partial charge in [-0.3, -0.25) is 15.4 Å². The van der Waals surface area contributed by atoms with Crippen molar-refractivity contribution in [1.29, 1.82) is 0 Å². The average Bonchev–Trinajstić information content (AvgIpc) is 3.03. The van der Waals surface area contributed by atoms with Gasteiger partial charge < -0.3 is 10.0 Å². The van der Waals surface area contributed by atoms with E-state index in [1.54, 1.807) is 0 Å². The van der Waals surface area contributed by atoms with Crippen LogP contribution in [0.3, 0.4) is 0 Å². The van der Waals surface area contributed by atoms with Crippen LogP contribution in [0.2, 0.25) is 0 Å². The number of benzene rings is 2. The van der Waals surface area contributed by atoms with Gasteiger partial charge >= 0.3 is 0 Å². The smallest absolute Gasteiger partial charge is 0.269 e. The third kappa shape index (κ3) is 2.97. The van der Waals surface area contributed by atoms with Crippen molar-refractivity contribution in [3.63, 3.8) is 0 Å². The predicted molar refractivity (Wildman–Crippen MR) is 118 cm³/mol. The number of fused-ring (bicyclic) bond motifs is 4. The Morgan fingerprint density at radius 3 is 2.87 bits per heavy atom. The minimum absolute atomic E-state index is 0.00662. The minimum Gasteiger partial charge on any atom is -0.508 e. The van der Waals surface area contributed by atoms with Gasteiger partial charge in [-0.05, 0) is 43.0 Å². The summed E-state index contributed by atoms with van der Waals surface area (Å²) in [5.74, 6) is 0.174. The summed E-state index contributed by atoms with van der Waals surface area (Å²) in [5, 5.41) is 26.7. The minimum atomic E-state index is -0.410. The van der Waals surface area contributed by atoms with Crippen LogP contribution >= 0.6 is 11.3 Å². The fourth-order valence-electron chi connectivity index (χ4n) is 4.77. The Bertz CT molecular complexity index is 1160. The molecule has 5 rings (SSSR count). The van der Waals surface area contributed by atoms with Gasteiger partial charge in [-0.2, -0.15) is 0 Å². The second kappa shape index (κ2) is 7.11. The number of hydrogen-bond acceptors (Lipinski definition) is 6. The summed E-state index contributed by atoms with van der Waals surface area (Å²) in [6.45, 7) is 6.00. The molecule has 2 atom stereocenters. The molecule has 0 aliphatic carbocycles. The highest BCUT2D eigenvalue weighted by Gasteiger charge is 2.40. The molecule has 6 nitrogen and oxygen atoms in total. The monoisotopic (exact) mass is 421 g/mol. The second-order valence-corrected chi connectivity index (χ2v) is 9.30. The molecule has 7 heteroatoms. The number of thiophene rings is 1. The lowest BCUT2D eigenvalue weighted by molar-refractivity contribution is -0.384. The molecule has 2 N–H and O–H groups in total. The zero-order chi connectivity index (χ0) is 21.0. The van der Waals surface area contributed by atoms with Crippen molar-refractivity contribution in [2.75, 3.05) is 4.90 Å². The van der Waals surface area contributed by atoms with Gasteiger partial charge in [-0.15, -0.1) is 11.3 Å². The molecule has 30 heavy (non-hydrogen) atoms. The molecular weight excluding hydrogens is 398 g/mol. The topological polar surface area (TPSA) is 78.6 Å². The third-order valence-electron chi connectivity index (χ3n) is 6.46. The highest BCUT2D eigenvalue weighted by atomic mass is 32.1. The number of phenols is 1. The van der Waals surface area contributed by atoms with Crippen molar-refractivity contribution in [2.24, 2.45) is 0 Å². The molecule has 0 bridgehead atoms. The number of nitro groups is 1. The Hall–Kier alpha value is -2.90. The standard InChI is InChI=1S/C23H23N3O3S/c1-13-14(2)30-23-20(13)11-24-22-19(18-6-4-3-5-15(18)12-25(22)23)10-16-9-17(26(28)29)7-8-21(16)27/h3-9,19,22,24,27H,10-12H2,1-2H3. The first-order chi connectivity index (χ1) is 14.4. The van der Waals surface area contributed by atoms with Crippen LogP contribution in [-0.4, -0.2) is 16.2 Å². The van der Waals surface area contributed by atoms with Gasteiger partial charge in [-0.25, -0.2) is 0 Å². The number of phenolic OH excluding ortho intramolecular Hbond substituents is 1. The number of anilines is 1. The number of aryl methyl sites for hydroxylation is 1. The van der Waals surface area contributed by atoms with Crippen LogP contribution < -0.4 is 10.2 Å². The molecule has 2 unspecified atom stereocenters. The Balaban J connectivity index is 1.59. The summed E-state index contributed by atoms with van der Waals surface area (Å²) >= 11 is 1.84. The number of nitrogens with zero attached hydrogens (tertiary/aromatic N) is 2. The summed E-state index contributed by atoms with van der Waals surface area (Å²) in [7, 11) is 0. The molecule has 2 aliphatic rings. The largest absolute Gasteiger partial charge is 0.508 e. The van der Waals surface area contributed by atoms with E-state index in [2.05, 4.69) is 42.3 Å². The van der Waals surface area contributed by atoms with Gasteiger partial charge in [-0.1, -0.05) is 24.3 Å². The molecule has 3 aromatic rings. The molecule has 2 aromatic carbocycles. The lowest BCUT2D eigenvalue weighted by Crippen LogP contribution is -2.55. The quantitative estimate of drug-likeness (QED) is 0.471. The maximum absolute atomic E-state index is 11.3. The van der Waals surface area contributed by atoms with Crippen LogP contribution in [0.15, 0.2) is 42.5 Å². The van der Waals surface area contributed by atoms with Gasteiger partial charge in [0, 0.05) is 47.1 Å². The highest BCUT2D eigenvalue weighted by molar-refractivity contribution is 7.16. The zero-order valence-corrected chi connectivity index (χ0v) is 17.7. The molecule has 0 saturated heterocycles. The molecule has 154 valence electrons. The van der Waals surface area contributed by atoms with Crippen molar-refractivity contribution in [3.05, 3.63) is 85.3 Å². The van der Waals surface area contributed by atoms with Crippen molar-refractivity contribution in [2.45, 2.75) is 45.4 Å². The Labute approximate surface area is 178 Å². The van der Waals surface area contributed by atoms with E-state index in [9.17, 15) is 15.2 Å². The number of rotatable bonds is 3. The van der Waals surface area contributed by atoms with Crippen LogP contribution in [0.5, 0.6) is 5.75 Å². The van der Waals surface area contributed by atoms with Crippen molar-refractivity contribution in [3.8, 4) is 5.75 Å². The molecule has 0 spiro atoms. The van der Waals surface area contributed by atoms with E-state index >= 15 is 0 Å². The molecule has 0 radical (unpaired) electrons. The van der Waals surface area contributed by atoms with E-state index < -0.39 is 4.92 Å². The van der Waals surface area contributed by atoms with Crippen molar-refractivity contribution >= 4 is 22.0 Å². The molecule has 1 aromatic heterocycles. The SMILES string of the molecule is Cc1sc2c(c1C)CNC1C(Cc3cc([N+](=O)[O-])ccc3O)c3ccccc3CN21. The summed E-state index contributed by atoms with van der Waals surface area (Å²) in [5.41, 5.74) is 5.84. The fraction of sp³-hybridized carbons (Fsp3) is 0.304. The maximum atomic E-state index is 11.3. The first-order valence-electron chi connectivity index (χ1n) is 10.1. The van der Waals surface area contributed by atoms with Gasteiger partial charge in [0.2, 0.25) is 0 Å². The summed E-state index contributed by atoms with van der Waals surface area (Å²) < 4.78 is 0. The summed E-state index contributed by atoms with van der Waals surface area (Å²) in [6, 6.07) is 12.7. The Morgan fingerprint density at radius 2 is 2.07 bits per heavy atom. The van der Waals surface area contributed by atoms with Crippen molar-refractivity contribution < 1.29 is 10.0 Å². The van der Waals surface area contributed by atoms with E-state index in [1.807, 2.05) is 17.4 Å². The fourth-order valence-corrected chi connectivity index (χ4v) is 5.98. The zero-order valence-electron chi connectivity index (χ0n) is 16.9.